The minimum atomic E-state index is -0.250. The average Bonchev–Trinajstić information content (AvgIpc) is 2.83. The number of nitrogens with zero attached hydrogens (tertiary/aromatic N) is 2. The molecule has 2 N–H and O–H groups in total. The van der Waals surface area contributed by atoms with Gasteiger partial charge in [-0.2, -0.15) is 5.10 Å². The Bertz CT molecular complexity index is 671. The lowest BCUT2D eigenvalue weighted by Crippen LogP contribution is -2.08. The summed E-state index contributed by atoms with van der Waals surface area (Å²) in [6.07, 6.45) is 4.87. The van der Waals surface area contributed by atoms with E-state index in [1.165, 1.54) is 13.0 Å². The monoisotopic (exact) mass is 284 g/mol. The average molecular weight is 284 g/mol. The van der Waals surface area contributed by atoms with E-state index in [4.69, 9.17) is 0 Å². The van der Waals surface area contributed by atoms with Gasteiger partial charge in [0.1, 0.15) is 0 Å². The van der Waals surface area contributed by atoms with Crippen LogP contribution in [0.4, 0.5) is 11.5 Å². The molecule has 0 aliphatic carbocycles. The molecule has 2 amide bonds. The highest BCUT2D eigenvalue weighted by atomic mass is 16.2. The van der Waals surface area contributed by atoms with Gasteiger partial charge in [-0.1, -0.05) is 12.1 Å². The minimum Gasteiger partial charge on any atom is -0.326 e. The van der Waals surface area contributed by atoms with Crippen molar-refractivity contribution in [2.45, 2.75) is 6.92 Å². The Balaban J connectivity index is 1.94. The van der Waals surface area contributed by atoms with Gasteiger partial charge < -0.3 is 10.6 Å². The Kier molecular flexibility index (Phi) is 4.50. The molecule has 1 aromatic carbocycles. The molecule has 21 heavy (non-hydrogen) atoms. The SMILES string of the molecule is CC(=O)Nc1ccc(/C=C/C(=O)Nc2ccn(C)n2)cc1. The topological polar surface area (TPSA) is 76.0 Å². The largest absolute Gasteiger partial charge is 0.326 e. The second kappa shape index (κ2) is 6.51. The van der Waals surface area contributed by atoms with Gasteiger partial charge in [0.05, 0.1) is 0 Å². The van der Waals surface area contributed by atoms with Crippen LogP contribution in [0, 0.1) is 0 Å². The molecule has 2 rings (SSSR count). The van der Waals surface area contributed by atoms with E-state index in [0.717, 1.165) is 11.3 Å². The summed E-state index contributed by atoms with van der Waals surface area (Å²) in [5.74, 6) is 0.140. The fourth-order valence-corrected chi connectivity index (χ4v) is 1.70. The van der Waals surface area contributed by atoms with Gasteiger partial charge in [-0.25, -0.2) is 0 Å². The summed E-state index contributed by atoms with van der Waals surface area (Å²) in [6, 6.07) is 8.90. The highest BCUT2D eigenvalue weighted by Gasteiger charge is 2.00. The molecule has 2 aromatic rings. The molecule has 0 bridgehead atoms. The van der Waals surface area contributed by atoms with E-state index in [0.29, 0.717) is 5.82 Å². The van der Waals surface area contributed by atoms with Gasteiger partial charge in [0, 0.05) is 38.0 Å². The number of anilines is 2. The first-order valence-electron chi connectivity index (χ1n) is 6.39. The molecule has 0 aliphatic heterocycles. The second-order valence-corrected chi connectivity index (χ2v) is 4.50. The number of aryl methyl sites for hydroxylation is 1. The Morgan fingerprint density at radius 1 is 1.14 bits per heavy atom. The Labute approximate surface area is 122 Å². The van der Waals surface area contributed by atoms with Gasteiger partial charge in [0.15, 0.2) is 5.82 Å². The van der Waals surface area contributed by atoms with Crippen LogP contribution in [0.5, 0.6) is 0 Å². The number of carbonyl (C=O) groups is 2. The Hall–Kier alpha value is -2.89. The van der Waals surface area contributed by atoms with Crippen molar-refractivity contribution in [2.75, 3.05) is 10.6 Å². The van der Waals surface area contributed by atoms with Crippen molar-refractivity contribution < 1.29 is 9.59 Å². The lowest BCUT2D eigenvalue weighted by Gasteiger charge is -2.01. The summed E-state index contributed by atoms with van der Waals surface area (Å²) in [5, 5.41) is 9.39. The van der Waals surface area contributed by atoms with Crippen LogP contribution in [0.25, 0.3) is 6.08 Å². The Morgan fingerprint density at radius 2 is 1.86 bits per heavy atom. The first-order valence-corrected chi connectivity index (χ1v) is 6.39. The maximum atomic E-state index is 11.7. The summed E-state index contributed by atoms with van der Waals surface area (Å²) in [6.45, 7) is 1.45. The quantitative estimate of drug-likeness (QED) is 0.843. The summed E-state index contributed by atoms with van der Waals surface area (Å²) in [5.41, 5.74) is 1.58. The standard InChI is InChI=1S/C15H16N4O2/c1-11(20)16-13-6-3-12(4-7-13)5-8-15(21)17-14-9-10-19(2)18-14/h3-10H,1-2H3,(H,16,20)(H,17,18,21)/b8-5+. The van der Waals surface area contributed by atoms with Crippen LogP contribution in [0.3, 0.4) is 0 Å². The predicted molar refractivity (Wildman–Crippen MR) is 81.6 cm³/mol. The molecule has 0 unspecified atom stereocenters. The van der Waals surface area contributed by atoms with Gasteiger partial charge in [-0.3, -0.25) is 14.3 Å². The molecule has 0 atom stereocenters. The van der Waals surface area contributed by atoms with Crippen molar-refractivity contribution in [2.24, 2.45) is 7.05 Å². The first-order chi connectivity index (χ1) is 10.0. The van der Waals surface area contributed by atoms with E-state index >= 15 is 0 Å². The number of aromatic nitrogens is 2. The zero-order valence-electron chi connectivity index (χ0n) is 11.8. The molecular weight excluding hydrogens is 268 g/mol. The highest BCUT2D eigenvalue weighted by Crippen LogP contribution is 2.11. The van der Waals surface area contributed by atoms with E-state index < -0.39 is 0 Å². The maximum absolute atomic E-state index is 11.7. The van der Waals surface area contributed by atoms with E-state index in [1.54, 1.807) is 42.2 Å². The number of nitrogens with one attached hydrogen (secondary N) is 2. The van der Waals surface area contributed by atoms with Crippen molar-refractivity contribution in [1.29, 1.82) is 0 Å². The number of rotatable bonds is 4. The van der Waals surface area contributed by atoms with Crippen LogP contribution in [0.1, 0.15) is 12.5 Å². The molecule has 6 nitrogen and oxygen atoms in total. The third kappa shape index (κ3) is 4.61. The number of benzene rings is 1. The summed E-state index contributed by atoms with van der Waals surface area (Å²) >= 11 is 0. The molecule has 1 heterocycles. The smallest absolute Gasteiger partial charge is 0.249 e. The molecule has 1 aromatic heterocycles. The fraction of sp³-hybridized carbons (Fsp3) is 0.133. The van der Waals surface area contributed by atoms with Gasteiger partial charge in [-0.15, -0.1) is 0 Å². The third-order valence-electron chi connectivity index (χ3n) is 2.62. The van der Waals surface area contributed by atoms with Crippen LogP contribution < -0.4 is 10.6 Å². The van der Waals surface area contributed by atoms with Crippen molar-refractivity contribution in [1.82, 2.24) is 9.78 Å². The summed E-state index contributed by atoms with van der Waals surface area (Å²) < 4.78 is 1.61. The highest BCUT2D eigenvalue weighted by molar-refractivity contribution is 6.01. The summed E-state index contributed by atoms with van der Waals surface area (Å²) in [4.78, 5) is 22.6. The van der Waals surface area contributed by atoms with E-state index in [-0.39, 0.29) is 11.8 Å². The molecule has 0 aliphatic rings. The van der Waals surface area contributed by atoms with Gasteiger partial charge in [0.25, 0.3) is 0 Å². The molecule has 0 saturated carbocycles. The number of hydrogen-bond acceptors (Lipinski definition) is 3. The number of amides is 2. The van der Waals surface area contributed by atoms with Crippen LogP contribution in [0.2, 0.25) is 0 Å². The molecule has 108 valence electrons. The zero-order valence-corrected chi connectivity index (χ0v) is 11.8. The summed E-state index contributed by atoms with van der Waals surface area (Å²) in [7, 11) is 1.78. The van der Waals surface area contributed by atoms with Crippen molar-refractivity contribution in [3.05, 3.63) is 48.2 Å². The van der Waals surface area contributed by atoms with E-state index in [9.17, 15) is 9.59 Å². The molecule has 6 heteroatoms. The van der Waals surface area contributed by atoms with Crippen LogP contribution in [-0.4, -0.2) is 21.6 Å². The molecule has 0 spiro atoms. The fourth-order valence-electron chi connectivity index (χ4n) is 1.70. The normalized spacial score (nSPS) is 10.6. The third-order valence-corrected chi connectivity index (χ3v) is 2.62. The van der Waals surface area contributed by atoms with Crippen molar-refractivity contribution >= 4 is 29.4 Å². The number of hydrogen-bond donors (Lipinski definition) is 2. The maximum Gasteiger partial charge on any atom is 0.249 e. The van der Waals surface area contributed by atoms with Crippen LogP contribution in [-0.2, 0) is 16.6 Å². The van der Waals surface area contributed by atoms with Crippen molar-refractivity contribution in [3.8, 4) is 0 Å². The molecule has 0 radical (unpaired) electrons. The minimum absolute atomic E-state index is 0.118. The molecule has 0 saturated heterocycles. The van der Waals surface area contributed by atoms with Gasteiger partial charge >= 0.3 is 0 Å². The zero-order chi connectivity index (χ0) is 15.2. The lowest BCUT2D eigenvalue weighted by molar-refractivity contribution is -0.114. The Morgan fingerprint density at radius 3 is 2.43 bits per heavy atom. The molecule has 0 fully saturated rings. The van der Waals surface area contributed by atoms with Crippen molar-refractivity contribution in [3.63, 3.8) is 0 Å². The van der Waals surface area contributed by atoms with Crippen LogP contribution >= 0.6 is 0 Å². The lowest BCUT2D eigenvalue weighted by atomic mass is 10.2. The van der Waals surface area contributed by atoms with Gasteiger partial charge in [0.2, 0.25) is 11.8 Å². The van der Waals surface area contributed by atoms with E-state index in [1.807, 2.05) is 12.1 Å². The first kappa shape index (κ1) is 14.5. The van der Waals surface area contributed by atoms with Crippen LogP contribution in [0.15, 0.2) is 42.6 Å². The van der Waals surface area contributed by atoms with Gasteiger partial charge in [-0.05, 0) is 23.8 Å². The second-order valence-electron chi connectivity index (χ2n) is 4.50. The number of carbonyl (C=O) groups excluding carboxylic acids is 2. The molecular formula is C15H16N4O2. The van der Waals surface area contributed by atoms with E-state index in [2.05, 4.69) is 15.7 Å². The predicted octanol–water partition coefficient (Wildman–Crippen LogP) is 2.03.